The Balaban J connectivity index is 1.61. The number of pyridine rings is 1. The fourth-order valence-corrected chi connectivity index (χ4v) is 4.87. The van der Waals surface area contributed by atoms with E-state index in [0.717, 1.165) is 31.2 Å². The van der Waals surface area contributed by atoms with Crippen LogP contribution in [0, 0.1) is 0 Å². The Bertz CT molecular complexity index is 1030. The fraction of sp³-hybridized carbons (Fsp3) is 0.400. The van der Waals surface area contributed by atoms with Crippen LogP contribution < -0.4 is 9.62 Å². The Kier molecular flexibility index (Phi) is 5.42. The first-order valence-corrected chi connectivity index (χ1v) is 11.1. The molecule has 0 radical (unpaired) electrons. The topological polar surface area (TPSA) is 109 Å². The largest absolute Gasteiger partial charge is 0.478 e. The summed E-state index contributed by atoms with van der Waals surface area (Å²) in [5, 5.41) is 9.59. The van der Waals surface area contributed by atoms with E-state index in [1.807, 2.05) is 11.0 Å². The van der Waals surface area contributed by atoms with Crippen LogP contribution in [0.3, 0.4) is 0 Å². The summed E-state index contributed by atoms with van der Waals surface area (Å²) in [5.41, 5.74) is 2.33. The predicted octanol–water partition coefficient (Wildman–Crippen LogP) is 2.30. The molecule has 0 atom stereocenters. The van der Waals surface area contributed by atoms with Crippen molar-refractivity contribution in [1.29, 1.82) is 0 Å². The molecule has 8 nitrogen and oxygen atoms in total. The Morgan fingerprint density at radius 3 is 2.55 bits per heavy atom. The zero-order valence-electron chi connectivity index (χ0n) is 15.9. The number of carboxylic acid groups (broad SMARTS) is 1. The number of anilines is 2. The van der Waals surface area contributed by atoms with Crippen molar-refractivity contribution in [3.05, 3.63) is 47.2 Å². The van der Waals surface area contributed by atoms with Gasteiger partial charge < -0.3 is 14.7 Å². The Morgan fingerprint density at radius 1 is 1.10 bits per heavy atom. The van der Waals surface area contributed by atoms with Crippen molar-refractivity contribution in [3.63, 3.8) is 0 Å². The molecule has 1 fully saturated rings. The summed E-state index contributed by atoms with van der Waals surface area (Å²) in [6.45, 7) is 2.06. The number of ether oxygens (including phenoxy) is 1. The Morgan fingerprint density at radius 2 is 1.83 bits per heavy atom. The number of hydrogen-bond acceptors (Lipinski definition) is 6. The number of carbonyl (C=O) groups is 1. The maximum atomic E-state index is 12.8. The minimum absolute atomic E-state index is 0.0439. The lowest BCUT2D eigenvalue weighted by atomic mass is 9.92. The summed E-state index contributed by atoms with van der Waals surface area (Å²) in [5.74, 6) is -0.841. The first-order chi connectivity index (χ1) is 13.9. The molecule has 0 amide bonds. The van der Waals surface area contributed by atoms with Crippen LogP contribution in [0.25, 0.3) is 0 Å². The van der Waals surface area contributed by atoms with Crippen molar-refractivity contribution in [2.75, 3.05) is 35.9 Å². The van der Waals surface area contributed by atoms with E-state index in [9.17, 15) is 18.3 Å². The van der Waals surface area contributed by atoms with Gasteiger partial charge in [-0.25, -0.2) is 18.2 Å². The highest BCUT2D eigenvalue weighted by atomic mass is 32.2. The molecule has 4 rings (SSSR count). The quantitative estimate of drug-likeness (QED) is 0.768. The average molecular weight is 417 g/mol. The van der Waals surface area contributed by atoms with Crippen molar-refractivity contribution in [1.82, 2.24) is 4.98 Å². The molecule has 29 heavy (non-hydrogen) atoms. The number of sulfonamides is 1. The Hall–Kier alpha value is -2.65. The second-order valence-electron chi connectivity index (χ2n) is 7.24. The van der Waals surface area contributed by atoms with E-state index in [2.05, 4.69) is 9.71 Å². The van der Waals surface area contributed by atoms with Crippen molar-refractivity contribution in [2.24, 2.45) is 0 Å². The van der Waals surface area contributed by atoms with Crippen LogP contribution >= 0.6 is 0 Å². The van der Waals surface area contributed by atoms with Gasteiger partial charge in [-0.05, 0) is 55.0 Å². The number of morpholine rings is 1. The highest BCUT2D eigenvalue weighted by Crippen LogP contribution is 2.27. The lowest BCUT2D eigenvalue weighted by Crippen LogP contribution is -2.37. The zero-order valence-corrected chi connectivity index (χ0v) is 16.7. The number of nitrogens with zero attached hydrogens (tertiary/aromatic N) is 2. The van der Waals surface area contributed by atoms with E-state index in [1.54, 1.807) is 12.1 Å². The molecule has 0 bridgehead atoms. The lowest BCUT2D eigenvalue weighted by molar-refractivity contribution is 0.0696. The van der Waals surface area contributed by atoms with Crippen LogP contribution in [0.2, 0.25) is 0 Å². The minimum Gasteiger partial charge on any atom is -0.478 e. The van der Waals surface area contributed by atoms with E-state index >= 15 is 0 Å². The van der Waals surface area contributed by atoms with Gasteiger partial charge in [0.2, 0.25) is 0 Å². The third-order valence-corrected chi connectivity index (χ3v) is 6.67. The fourth-order valence-electron chi connectivity index (χ4n) is 3.79. The van der Waals surface area contributed by atoms with E-state index in [4.69, 9.17) is 4.74 Å². The van der Waals surface area contributed by atoms with Crippen LogP contribution in [-0.4, -0.2) is 50.8 Å². The molecule has 1 aliphatic heterocycles. The summed E-state index contributed by atoms with van der Waals surface area (Å²) in [6, 6.07) is 6.49. The van der Waals surface area contributed by atoms with Crippen molar-refractivity contribution in [2.45, 2.75) is 30.6 Å². The van der Waals surface area contributed by atoms with Gasteiger partial charge in [-0.3, -0.25) is 4.72 Å². The molecule has 2 aromatic rings. The Labute approximate surface area is 169 Å². The zero-order chi connectivity index (χ0) is 20.4. The lowest BCUT2D eigenvalue weighted by Gasteiger charge is -2.28. The number of fused-ring (bicyclic) bond motifs is 1. The predicted molar refractivity (Wildman–Crippen MR) is 108 cm³/mol. The summed E-state index contributed by atoms with van der Waals surface area (Å²) >= 11 is 0. The van der Waals surface area contributed by atoms with Gasteiger partial charge in [-0.15, -0.1) is 0 Å². The second-order valence-corrected chi connectivity index (χ2v) is 8.93. The van der Waals surface area contributed by atoms with Gasteiger partial charge in [0.05, 0.1) is 30.0 Å². The monoisotopic (exact) mass is 417 g/mol. The first kappa shape index (κ1) is 19.7. The summed E-state index contributed by atoms with van der Waals surface area (Å²) in [7, 11) is -3.84. The van der Waals surface area contributed by atoms with E-state index in [1.165, 1.54) is 17.8 Å². The van der Waals surface area contributed by atoms with Gasteiger partial charge >= 0.3 is 5.97 Å². The van der Waals surface area contributed by atoms with Gasteiger partial charge in [-0.1, -0.05) is 6.07 Å². The van der Waals surface area contributed by atoms with Crippen LogP contribution in [0.4, 0.5) is 11.5 Å². The van der Waals surface area contributed by atoms with Gasteiger partial charge in [0.25, 0.3) is 10.0 Å². The molecule has 9 heteroatoms. The SMILES string of the molecule is O=C(O)c1cc(NS(=O)(=O)c2ccc3c(c2)CCCC3)cnc1N1CCOCC1. The van der Waals surface area contributed by atoms with Crippen LogP contribution in [0.15, 0.2) is 35.4 Å². The number of hydrogen-bond donors (Lipinski definition) is 2. The van der Waals surface area contributed by atoms with Gasteiger partial charge in [0, 0.05) is 13.1 Å². The van der Waals surface area contributed by atoms with Crippen LogP contribution in [0.1, 0.15) is 34.3 Å². The standard InChI is InChI=1S/C20H23N3O5S/c24-20(25)18-12-16(13-21-19(18)23-7-9-28-10-8-23)22-29(26,27)17-6-5-14-3-1-2-4-15(14)11-17/h5-6,11-13,22H,1-4,7-10H2,(H,24,25). The summed E-state index contributed by atoms with van der Waals surface area (Å²) in [6.07, 6.45) is 5.37. The number of aryl methyl sites for hydroxylation is 2. The average Bonchev–Trinajstić information content (AvgIpc) is 2.73. The van der Waals surface area contributed by atoms with E-state index in [-0.39, 0.29) is 16.1 Å². The summed E-state index contributed by atoms with van der Waals surface area (Å²) in [4.78, 5) is 18.0. The number of carboxylic acids is 1. The van der Waals surface area contributed by atoms with Gasteiger partial charge in [0.15, 0.2) is 0 Å². The van der Waals surface area contributed by atoms with Crippen molar-refractivity contribution in [3.8, 4) is 0 Å². The highest BCUT2D eigenvalue weighted by molar-refractivity contribution is 7.92. The van der Waals surface area contributed by atoms with Gasteiger partial charge in [-0.2, -0.15) is 0 Å². The van der Waals surface area contributed by atoms with E-state index < -0.39 is 16.0 Å². The van der Waals surface area contributed by atoms with E-state index in [0.29, 0.717) is 32.1 Å². The molecule has 1 saturated heterocycles. The molecular formula is C20H23N3O5S. The molecule has 2 N–H and O–H groups in total. The number of rotatable bonds is 5. The molecule has 1 aromatic carbocycles. The van der Waals surface area contributed by atoms with Crippen LogP contribution in [-0.2, 0) is 27.6 Å². The third kappa shape index (κ3) is 4.20. The molecule has 0 unspecified atom stereocenters. The number of aromatic carboxylic acids is 1. The summed E-state index contributed by atoms with van der Waals surface area (Å²) < 4.78 is 33.4. The number of benzene rings is 1. The molecule has 2 aliphatic rings. The maximum Gasteiger partial charge on any atom is 0.339 e. The first-order valence-electron chi connectivity index (χ1n) is 9.65. The van der Waals surface area contributed by atoms with Crippen molar-refractivity contribution >= 4 is 27.5 Å². The minimum atomic E-state index is -3.84. The molecule has 2 heterocycles. The second kappa shape index (κ2) is 8.00. The molecule has 154 valence electrons. The smallest absolute Gasteiger partial charge is 0.339 e. The normalized spacial score (nSPS) is 16.9. The number of nitrogens with one attached hydrogen (secondary N) is 1. The molecule has 0 spiro atoms. The highest BCUT2D eigenvalue weighted by Gasteiger charge is 2.23. The van der Waals surface area contributed by atoms with Crippen molar-refractivity contribution < 1.29 is 23.1 Å². The third-order valence-electron chi connectivity index (χ3n) is 5.29. The van der Waals surface area contributed by atoms with Crippen LogP contribution in [0.5, 0.6) is 0 Å². The molecular weight excluding hydrogens is 394 g/mol. The molecule has 1 aliphatic carbocycles. The number of aromatic nitrogens is 1. The molecule has 0 saturated carbocycles. The van der Waals surface area contributed by atoms with Gasteiger partial charge in [0.1, 0.15) is 11.4 Å². The molecule has 1 aromatic heterocycles. The maximum absolute atomic E-state index is 12.8.